The lowest BCUT2D eigenvalue weighted by Crippen LogP contribution is -2.10. The van der Waals surface area contributed by atoms with E-state index in [1.54, 1.807) is 0 Å². The molecule has 3 N–H and O–H groups in total. The van der Waals surface area contributed by atoms with Crippen LogP contribution in [0.5, 0.6) is 5.88 Å². The SMILES string of the molecule is COc1ncnc(NCCc2ccccc2C)c1N. The van der Waals surface area contributed by atoms with E-state index in [0.717, 1.165) is 13.0 Å². The number of benzene rings is 1. The molecule has 0 atom stereocenters. The van der Waals surface area contributed by atoms with E-state index < -0.39 is 0 Å². The van der Waals surface area contributed by atoms with Crippen LogP contribution in [0.25, 0.3) is 0 Å². The van der Waals surface area contributed by atoms with Gasteiger partial charge in [-0.25, -0.2) is 4.98 Å². The summed E-state index contributed by atoms with van der Waals surface area (Å²) in [6, 6.07) is 8.32. The molecule has 0 unspecified atom stereocenters. The predicted molar refractivity (Wildman–Crippen MR) is 76.4 cm³/mol. The number of hydrogen-bond donors (Lipinski definition) is 2. The molecule has 2 rings (SSSR count). The number of anilines is 2. The molecular formula is C14H18N4O. The van der Waals surface area contributed by atoms with E-state index in [4.69, 9.17) is 10.5 Å². The van der Waals surface area contributed by atoms with Gasteiger partial charge in [-0.1, -0.05) is 24.3 Å². The highest BCUT2D eigenvalue weighted by atomic mass is 16.5. The van der Waals surface area contributed by atoms with Crippen molar-refractivity contribution in [1.82, 2.24) is 9.97 Å². The zero-order chi connectivity index (χ0) is 13.7. The summed E-state index contributed by atoms with van der Waals surface area (Å²) in [4.78, 5) is 8.05. The fraction of sp³-hybridized carbons (Fsp3) is 0.286. The van der Waals surface area contributed by atoms with Crippen LogP contribution < -0.4 is 15.8 Å². The Balaban J connectivity index is 1.98. The molecule has 2 aromatic rings. The smallest absolute Gasteiger partial charge is 0.242 e. The Bertz CT molecular complexity index is 557. The largest absolute Gasteiger partial charge is 0.479 e. The van der Waals surface area contributed by atoms with Crippen LogP contribution in [0, 0.1) is 6.92 Å². The summed E-state index contributed by atoms with van der Waals surface area (Å²) >= 11 is 0. The van der Waals surface area contributed by atoms with Crippen LogP contribution in [0.3, 0.4) is 0 Å². The van der Waals surface area contributed by atoms with Crippen molar-refractivity contribution in [3.63, 3.8) is 0 Å². The molecule has 0 aliphatic rings. The van der Waals surface area contributed by atoms with Gasteiger partial charge in [0.15, 0.2) is 5.82 Å². The van der Waals surface area contributed by atoms with E-state index >= 15 is 0 Å². The molecule has 0 aliphatic heterocycles. The van der Waals surface area contributed by atoms with Gasteiger partial charge in [0.1, 0.15) is 12.0 Å². The summed E-state index contributed by atoms with van der Waals surface area (Å²) < 4.78 is 5.05. The lowest BCUT2D eigenvalue weighted by molar-refractivity contribution is 0.399. The topological polar surface area (TPSA) is 73.1 Å². The molecule has 1 aromatic heterocycles. The van der Waals surface area contributed by atoms with Crippen molar-refractivity contribution < 1.29 is 4.74 Å². The summed E-state index contributed by atoms with van der Waals surface area (Å²) in [6.07, 6.45) is 2.35. The summed E-state index contributed by atoms with van der Waals surface area (Å²) in [7, 11) is 1.54. The number of nitrogens with two attached hydrogens (primary N) is 1. The van der Waals surface area contributed by atoms with Gasteiger partial charge in [-0.2, -0.15) is 4.98 Å². The lowest BCUT2D eigenvalue weighted by atomic mass is 10.1. The van der Waals surface area contributed by atoms with Crippen molar-refractivity contribution >= 4 is 11.5 Å². The van der Waals surface area contributed by atoms with Gasteiger partial charge in [0.05, 0.1) is 7.11 Å². The Morgan fingerprint density at radius 2 is 2.05 bits per heavy atom. The number of hydrogen-bond acceptors (Lipinski definition) is 5. The monoisotopic (exact) mass is 258 g/mol. The van der Waals surface area contributed by atoms with Gasteiger partial charge in [-0.05, 0) is 24.5 Å². The summed E-state index contributed by atoms with van der Waals surface area (Å²) in [5.74, 6) is 1.01. The second-order valence-electron chi connectivity index (χ2n) is 4.25. The summed E-state index contributed by atoms with van der Waals surface area (Å²) in [5, 5.41) is 3.21. The first-order chi connectivity index (χ1) is 9.22. The van der Waals surface area contributed by atoms with Crippen LogP contribution >= 0.6 is 0 Å². The van der Waals surface area contributed by atoms with E-state index in [1.807, 2.05) is 12.1 Å². The maximum atomic E-state index is 5.89. The molecule has 0 aliphatic carbocycles. The molecule has 0 fully saturated rings. The number of nitrogen functional groups attached to an aromatic ring is 1. The number of rotatable bonds is 5. The minimum absolute atomic E-state index is 0.397. The van der Waals surface area contributed by atoms with Gasteiger partial charge in [0, 0.05) is 6.54 Å². The molecule has 1 heterocycles. The highest BCUT2D eigenvalue weighted by molar-refractivity contribution is 5.66. The molecule has 0 radical (unpaired) electrons. The van der Waals surface area contributed by atoms with E-state index in [2.05, 4.69) is 34.3 Å². The average molecular weight is 258 g/mol. The Hall–Kier alpha value is -2.30. The van der Waals surface area contributed by atoms with Crippen LogP contribution in [-0.4, -0.2) is 23.6 Å². The number of nitrogens with zero attached hydrogens (tertiary/aromatic N) is 2. The van der Waals surface area contributed by atoms with Gasteiger partial charge in [0.25, 0.3) is 0 Å². The second-order valence-corrected chi connectivity index (χ2v) is 4.25. The second kappa shape index (κ2) is 6.04. The molecule has 0 spiro atoms. The van der Waals surface area contributed by atoms with Crippen molar-refractivity contribution in [3.05, 3.63) is 41.7 Å². The number of nitrogens with one attached hydrogen (secondary N) is 1. The molecule has 0 saturated carbocycles. The molecule has 5 nitrogen and oxygen atoms in total. The fourth-order valence-electron chi connectivity index (χ4n) is 1.89. The third kappa shape index (κ3) is 3.13. The number of ether oxygens (including phenoxy) is 1. The third-order valence-corrected chi connectivity index (χ3v) is 2.99. The zero-order valence-electron chi connectivity index (χ0n) is 11.2. The Morgan fingerprint density at radius 3 is 2.79 bits per heavy atom. The number of aryl methyl sites for hydroxylation is 1. The number of aromatic nitrogens is 2. The predicted octanol–water partition coefficient (Wildman–Crippen LogP) is 2.03. The first-order valence-corrected chi connectivity index (χ1v) is 6.15. The highest BCUT2D eigenvalue weighted by Crippen LogP contribution is 2.23. The van der Waals surface area contributed by atoms with Crippen molar-refractivity contribution in [2.75, 3.05) is 24.7 Å². The lowest BCUT2D eigenvalue weighted by Gasteiger charge is -2.10. The van der Waals surface area contributed by atoms with Crippen molar-refractivity contribution in [3.8, 4) is 5.88 Å². The van der Waals surface area contributed by atoms with E-state index in [-0.39, 0.29) is 0 Å². The fourth-order valence-corrected chi connectivity index (χ4v) is 1.89. The summed E-state index contributed by atoms with van der Waals surface area (Å²) in [6.45, 7) is 2.87. The molecule has 19 heavy (non-hydrogen) atoms. The number of methoxy groups -OCH3 is 1. The standard InChI is InChI=1S/C14H18N4O/c1-10-5-3-4-6-11(10)7-8-16-13-12(15)14(19-2)18-9-17-13/h3-6,9H,7-8,15H2,1-2H3,(H,16,17,18). The quantitative estimate of drug-likeness (QED) is 0.858. The Morgan fingerprint density at radius 1 is 1.26 bits per heavy atom. The third-order valence-electron chi connectivity index (χ3n) is 2.99. The first kappa shape index (κ1) is 13.1. The van der Waals surface area contributed by atoms with Crippen LogP contribution in [0.1, 0.15) is 11.1 Å². The molecule has 0 saturated heterocycles. The van der Waals surface area contributed by atoms with E-state index in [9.17, 15) is 0 Å². The highest BCUT2D eigenvalue weighted by Gasteiger charge is 2.07. The van der Waals surface area contributed by atoms with Gasteiger partial charge < -0.3 is 15.8 Å². The Labute approximate surface area is 112 Å². The van der Waals surface area contributed by atoms with E-state index in [0.29, 0.717) is 17.4 Å². The van der Waals surface area contributed by atoms with Gasteiger partial charge in [-0.15, -0.1) is 0 Å². The molecule has 1 aromatic carbocycles. The molecule has 100 valence electrons. The van der Waals surface area contributed by atoms with Crippen LogP contribution in [0.4, 0.5) is 11.5 Å². The minimum Gasteiger partial charge on any atom is -0.479 e. The zero-order valence-corrected chi connectivity index (χ0v) is 11.2. The van der Waals surface area contributed by atoms with Gasteiger partial charge in [-0.3, -0.25) is 0 Å². The minimum atomic E-state index is 0.397. The molecule has 5 heteroatoms. The van der Waals surface area contributed by atoms with Gasteiger partial charge >= 0.3 is 0 Å². The average Bonchev–Trinajstić information content (AvgIpc) is 2.43. The molecule has 0 bridgehead atoms. The van der Waals surface area contributed by atoms with Crippen LogP contribution in [-0.2, 0) is 6.42 Å². The van der Waals surface area contributed by atoms with E-state index in [1.165, 1.54) is 24.6 Å². The normalized spacial score (nSPS) is 10.2. The maximum Gasteiger partial charge on any atom is 0.242 e. The van der Waals surface area contributed by atoms with Crippen molar-refractivity contribution in [2.45, 2.75) is 13.3 Å². The van der Waals surface area contributed by atoms with Gasteiger partial charge in [0.2, 0.25) is 5.88 Å². The Kier molecular flexibility index (Phi) is 4.18. The van der Waals surface area contributed by atoms with Crippen LogP contribution in [0.2, 0.25) is 0 Å². The maximum absolute atomic E-state index is 5.89. The first-order valence-electron chi connectivity index (χ1n) is 6.15. The van der Waals surface area contributed by atoms with Crippen LogP contribution in [0.15, 0.2) is 30.6 Å². The molecular weight excluding hydrogens is 240 g/mol. The van der Waals surface area contributed by atoms with Crippen molar-refractivity contribution in [1.29, 1.82) is 0 Å². The van der Waals surface area contributed by atoms with Crippen molar-refractivity contribution in [2.24, 2.45) is 0 Å². The molecule has 0 amide bonds. The summed E-state index contributed by atoms with van der Waals surface area (Å²) in [5.41, 5.74) is 8.93.